The first-order valence-electron chi connectivity index (χ1n) is 11.2. The summed E-state index contributed by atoms with van der Waals surface area (Å²) in [4.78, 5) is 0. The van der Waals surface area contributed by atoms with Crippen LogP contribution in [0.3, 0.4) is 0 Å². The fraction of sp³-hybridized carbons (Fsp3) is 0.750. The van der Waals surface area contributed by atoms with Crippen LogP contribution < -0.4 is 0 Å². The van der Waals surface area contributed by atoms with Crippen LogP contribution in [-0.4, -0.2) is 18.9 Å². The lowest BCUT2D eigenvalue weighted by atomic mass is 9.74. The lowest BCUT2D eigenvalue weighted by Crippen LogP contribution is -2.31. The van der Waals surface area contributed by atoms with E-state index in [1.165, 1.54) is 32.1 Å². The van der Waals surface area contributed by atoms with Gasteiger partial charge in [0.2, 0.25) is 0 Å². The Bertz CT molecular complexity index is 570. The summed E-state index contributed by atoms with van der Waals surface area (Å²) in [5, 5.41) is 0. The second-order valence-corrected chi connectivity index (χ2v) is 9.19. The van der Waals surface area contributed by atoms with Crippen LogP contribution in [0.1, 0.15) is 64.2 Å². The molecule has 2 atom stereocenters. The van der Waals surface area contributed by atoms with Crippen LogP contribution in [0.4, 0.5) is 17.6 Å². The van der Waals surface area contributed by atoms with Crippen molar-refractivity contribution < 1.29 is 22.3 Å². The zero-order valence-electron chi connectivity index (χ0n) is 17.2. The van der Waals surface area contributed by atoms with Crippen LogP contribution in [-0.2, 0) is 4.74 Å². The molecule has 0 amide bonds. The van der Waals surface area contributed by atoms with Crippen LogP contribution in [0.15, 0.2) is 36.7 Å². The molecule has 3 fully saturated rings. The van der Waals surface area contributed by atoms with Gasteiger partial charge in [0, 0.05) is 5.92 Å². The zero-order valence-corrected chi connectivity index (χ0v) is 17.2. The number of ether oxygens (including phenoxy) is 1. The first kappa shape index (κ1) is 22.6. The van der Waals surface area contributed by atoms with Gasteiger partial charge in [0.05, 0.1) is 18.8 Å². The van der Waals surface area contributed by atoms with Crippen LogP contribution in [0.5, 0.6) is 0 Å². The highest BCUT2D eigenvalue weighted by atomic mass is 19.4. The second kappa shape index (κ2) is 10.3. The molecule has 0 N–H and O–H groups in total. The summed E-state index contributed by atoms with van der Waals surface area (Å²) in [6.07, 6.45) is 11.6. The van der Waals surface area contributed by atoms with E-state index in [1.54, 1.807) is 0 Å². The molecule has 0 aromatic heterocycles. The smallest absolute Gasteiger partial charge is 0.374 e. The summed E-state index contributed by atoms with van der Waals surface area (Å²) in [7, 11) is 0. The van der Waals surface area contributed by atoms with Gasteiger partial charge in [-0.2, -0.15) is 13.2 Å². The van der Waals surface area contributed by atoms with E-state index in [-0.39, 0.29) is 12.2 Å². The Hall–Kier alpha value is -1.10. The number of rotatable bonds is 5. The van der Waals surface area contributed by atoms with E-state index in [0.29, 0.717) is 30.6 Å². The molecule has 0 bridgehead atoms. The minimum atomic E-state index is -4.57. The van der Waals surface area contributed by atoms with E-state index in [1.807, 2.05) is 0 Å². The van der Waals surface area contributed by atoms with Crippen molar-refractivity contribution in [3.05, 3.63) is 36.7 Å². The van der Waals surface area contributed by atoms with Crippen molar-refractivity contribution in [3.63, 3.8) is 0 Å². The van der Waals surface area contributed by atoms with E-state index in [2.05, 4.69) is 24.8 Å². The SMILES string of the molecule is C=CC1CCC(C2CCC(C=CC3CCC(C(F)=CC(F)(F)F)CC3)OC2)CC1. The molecule has 1 nitrogen and oxygen atoms in total. The minimum absolute atomic E-state index is 0.148. The number of hydrogen-bond acceptors (Lipinski definition) is 1. The molecular weight excluding hydrogens is 380 g/mol. The summed E-state index contributed by atoms with van der Waals surface area (Å²) in [5.74, 6) is 0.877. The fourth-order valence-electron chi connectivity index (χ4n) is 5.31. The molecule has 1 saturated heterocycles. The van der Waals surface area contributed by atoms with Crippen molar-refractivity contribution in [2.24, 2.45) is 29.6 Å². The van der Waals surface area contributed by atoms with E-state index >= 15 is 0 Å². The Morgan fingerprint density at radius 3 is 1.97 bits per heavy atom. The van der Waals surface area contributed by atoms with Crippen molar-refractivity contribution in [2.75, 3.05) is 6.61 Å². The van der Waals surface area contributed by atoms with Gasteiger partial charge in [0.25, 0.3) is 0 Å². The third-order valence-electron chi connectivity index (χ3n) is 7.22. The first-order chi connectivity index (χ1) is 13.8. The number of hydrogen-bond donors (Lipinski definition) is 0. The molecule has 0 aromatic carbocycles. The Morgan fingerprint density at radius 1 is 0.793 bits per heavy atom. The van der Waals surface area contributed by atoms with Gasteiger partial charge < -0.3 is 4.74 Å². The van der Waals surface area contributed by atoms with E-state index in [9.17, 15) is 17.6 Å². The van der Waals surface area contributed by atoms with Crippen molar-refractivity contribution >= 4 is 0 Å². The standard InChI is InChI=1S/C24H34F4O/c1-2-17-3-8-19(9-4-17)21-12-14-22(29-16-21)13-7-18-5-10-20(11-6-18)23(25)15-24(26,27)28/h2,7,13,15,17-22H,1,3-6,8-12,14,16H2. The van der Waals surface area contributed by atoms with Crippen LogP contribution in [0.25, 0.3) is 0 Å². The third-order valence-corrected chi connectivity index (χ3v) is 7.22. The molecule has 2 saturated carbocycles. The van der Waals surface area contributed by atoms with Gasteiger partial charge in [-0.05, 0) is 87.9 Å². The highest BCUT2D eigenvalue weighted by Crippen LogP contribution is 2.39. The van der Waals surface area contributed by atoms with Crippen LogP contribution in [0.2, 0.25) is 0 Å². The molecule has 2 unspecified atom stereocenters. The number of alkyl halides is 3. The second-order valence-electron chi connectivity index (χ2n) is 9.19. The maximum Gasteiger partial charge on any atom is 0.412 e. The van der Waals surface area contributed by atoms with Crippen LogP contribution >= 0.6 is 0 Å². The molecule has 3 rings (SSSR count). The fourth-order valence-corrected chi connectivity index (χ4v) is 5.31. The van der Waals surface area contributed by atoms with E-state index < -0.39 is 17.9 Å². The monoisotopic (exact) mass is 414 g/mol. The maximum absolute atomic E-state index is 13.7. The average molecular weight is 415 g/mol. The molecule has 1 aliphatic heterocycles. The van der Waals surface area contributed by atoms with Gasteiger partial charge in [0.15, 0.2) is 0 Å². The predicted molar refractivity (Wildman–Crippen MR) is 108 cm³/mol. The minimum Gasteiger partial charge on any atom is -0.374 e. The topological polar surface area (TPSA) is 9.23 Å². The lowest BCUT2D eigenvalue weighted by Gasteiger charge is -2.37. The molecule has 3 aliphatic rings. The van der Waals surface area contributed by atoms with Crippen molar-refractivity contribution in [3.8, 4) is 0 Å². The van der Waals surface area contributed by atoms with Gasteiger partial charge in [-0.1, -0.05) is 18.2 Å². The molecule has 0 spiro atoms. The first-order valence-corrected chi connectivity index (χ1v) is 11.2. The molecule has 164 valence electrons. The van der Waals surface area contributed by atoms with Crippen molar-refractivity contribution in [2.45, 2.75) is 76.5 Å². The van der Waals surface area contributed by atoms with E-state index in [0.717, 1.165) is 31.8 Å². The molecule has 0 aromatic rings. The Balaban J connectivity index is 1.37. The maximum atomic E-state index is 13.7. The van der Waals surface area contributed by atoms with Gasteiger partial charge in [-0.3, -0.25) is 0 Å². The highest BCUT2D eigenvalue weighted by Gasteiger charge is 2.31. The normalized spacial score (nSPS) is 37.6. The quantitative estimate of drug-likeness (QED) is 0.333. The van der Waals surface area contributed by atoms with Gasteiger partial charge in [0.1, 0.15) is 5.83 Å². The molecule has 2 aliphatic carbocycles. The van der Waals surface area contributed by atoms with Gasteiger partial charge in [-0.15, -0.1) is 6.58 Å². The van der Waals surface area contributed by atoms with Gasteiger partial charge in [-0.25, -0.2) is 4.39 Å². The summed E-state index contributed by atoms with van der Waals surface area (Å²) < 4.78 is 56.7. The number of allylic oxidation sites excluding steroid dienone is 4. The summed E-state index contributed by atoms with van der Waals surface area (Å²) in [6, 6.07) is 0. The average Bonchev–Trinajstić information content (AvgIpc) is 2.72. The summed E-state index contributed by atoms with van der Waals surface area (Å²) in [6.45, 7) is 4.75. The Kier molecular flexibility index (Phi) is 8.00. The van der Waals surface area contributed by atoms with Crippen molar-refractivity contribution in [1.82, 2.24) is 0 Å². The van der Waals surface area contributed by atoms with E-state index in [4.69, 9.17) is 4.74 Å². The lowest BCUT2D eigenvalue weighted by molar-refractivity contribution is -0.0821. The number of halogens is 4. The summed E-state index contributed by atoms with van der Waals surface area (Å²) >= 11 is 0. The van der Waals surface area contributed by atoms with Gasteiger partial charge >= 0.3 is 6.18 Å². The van der Waals surface area contributed by atoms with Crippen molar-refractivity contribution in [1.29, 1.82) is 0 Å². The Morgan fingerprint density at radius 2 is 1.41 bits per heavy atom. The van der Waals surface area contributed by atoms with Crippen LogP contribution in [0, 0.1) is 29.6 Å². The largest absolute Gasteiger partial charge is 0.412 e. The summed E-state index contributed by atoms with van der Waals surface area (Å²) in [5.41, 5.74) is 0. The predicted octanol–water partition coefficient (Wildman–Crippen LogP) is 7.55. The molecule has 0 radical (unpaired) electrons. The zero-order chi connectivity index (χ0) is 20.9. The highest BCUT2D eigenvalue weighted by molar-refractivity contribution is 5.05. The Labute approximate surface area is 172 Å². The molecular formula is C24H34F4O. The third kappa shape index (κ3) is 6.97. The molecule has 29 heavy (non-hydrogen) atoms. The molecule has 1 heterocycles. The molecule has 5 heteroatoms.